The van der Waals surface area contributed by atoms with Crippen LogP contribution in [0.3, 0.4) is 0 Å². The van der Waals surface area contributed by atoms with E-state index in [0.29, 0.717) is 17.0 Å². The third-order valence-electron chi connectivity index (χ3n) is 5.30. The maximum atomic E-state index is 12.7. The van der Waals surface area contributed by atoms with Crippen LogP contribution in [0.2, 0.25) is 5.02 Å². The SMILES string of the molecule is O=C(NC[C@@H](c1ccccc1Cl)N1CCCC1)c1cc2ccccc2c(=O)[nH]1. The number of likely N-dealkylation sites (tertiary alicyclic amines) is 1. The number of nitrogens with one attached hydrogen (secondary N) is 2. The molecule has 1 fully saturated rings. The van der Waals surface area contributed by atoms with Crippen LogP contribution in [-0.2, 0) is 0 Å². The number of aromatic amines is 1. The van der Waals surface area contributed by atoms with Gasteiger partial charge in [-0.1, -0.05) is 48.0 Å². The van der Waals surface area contributed by atoms with Crippen LogP contribution in [-0.4, -0.2) is 35.4 Å². The summed E-state index contributed by atoms with van der Waals surface area (Å²) < 4.78 is 0. The van der Waals surface area contributed by atoms with Crippen molar-refractivity contribution in [2.45, 2.75) is 18.9 Å². The second-order valence-corrected chi connectivity index (χ2v) is 7.50. The third-order valence-corrected chi connectivity index (χ3v) is 5.64. The van der Waals surface area contributed by atoms with Gasteiger partial charge in [0.25, 0.3) is 11.5 Å². The quantitative estimate of drug-likeness (QED) is 0.691. The highest BCUT2D eigenvalue weighted by atomic mass is 35.5. The van der Waals surface area contributed by atoms with Gasteiger partial charge < -0.3 is 10.3 Å². The van der Waals surface area contributed by atoms with Crippen molar-refractivity contribution in [1.82, 2.24) is 15.2 Å². The largest absolute Gasteiger partial charge is 0.349 e. The van der Waals surface area contributed by atoms with Gasteiger partial charge in [0.15, 0.2) is 0 Å². The molecule has 1 atom stereocenters. The molecule has 144 valence electrons. The topological polar surface area (TPSA) is 65.2 Å². The number of pyridine rings is 1. The number of nitrogens with zero attached hydrogens (tertiary/aromatic N) is 1. The van der Waals surface area contributed by atoms with Gasteiger partial charge in [0.2, 0.25) is 0 Å². The van der Waals surface area contributed by atoms with E-state index < -0.39 is 0 Å². The van der Waals surface area contributed by atoms with Crippen molar-refractivity contribution in [1.29, 1.82) is 0 Å². The highest BCUT2D eigenvalue weighted by Gasteiger charge is 2.25. The molecule has 1 aromatic heterocycles. The van der Waals surface area contributed by atoms with E-state index in [4.69, 9.17) is 11.6 Å². The average Bonchev–Trinajstić information content (AvgIpc) is 3.24. The highest BCUT2D eigenvalue weighted by Crippen LogP contribution is 2.29. The maximum absolute atomic E-state index is 12.7. The fourth-order valence-electron chi connectivity index (χ4n) is 3.85. The molecular weight excluding hydrogens is 374 g/mol. The number of benzene rings is 2. The molecule has 0 aliphatic carbocycles. The van der Waals surface area contributed by atoms with E-state index in [2.05, 4.69) is 15.2 Å². The molecule has 2 heterocycles. The number of hydrogen-bond donors (Lipinski definition) is 2. The number of carbonyl (C=O) groups is 1. The van der Waals surface area contributed by atoms with Crippen LogP contribution in [0.4, 0.5) is 0 Å². The molecular formula is C22H22ClN3O2. The summed E-state index contributed by atoms with van der Waals surface area (Å²) in [4.78, 5) is 30.0. The Labute approximate surface area is 168 Å². The minimum Gasteiger partial charge on any atom is -0.349 e. The van der Waals surface area contributed by atoms with Gasteiger partial charge in [-0.2, -0.15) is 0 Å². The van der Waals surface area contributed by atoms with Crippen molar-refractivity contribution in [3.63, 3.8) is 0 Å². The zero-order valence-corrected chi connectivity index (χ0v) is 16.2. The van der Waals surface area contributed by atoms with Crippen molar-refractivity contribution in [2.24, 2.45) is 0 Å². The molecule has 0 saturated carbocycles. The Morgan fingerprint density at radius 3 is 2.61 bits per heavy atom. The number of fused-ring (bicyclic) bond motifs is 1. The maximum Gasteiger partial charge on any atom is 0.267 e. The van der Waals surface area contributed by atoms with Gasteiger partial charge in [-0.3, -0.25) is 14.5 Å². The summed E-state index contributed by atoms with van der Waals surface area (Å²) >= 11 is 6.43. The van der Waals surface area contributed by atoms with Crippen molar-refractivity contribution < 1.29 is 4.79 Å². The fraction of sp³-hybridized carbons (Fsp3) is 0.273. The van der Waals surface area contributed by atoms with Gasteiger partial charge in [-0.05, 0) is 55.1 Å². The van der Waals surface area contributed by atoms with Crippen molar-refractivity contribution in [2.75, 3.05) is 19.6 Å². The summed E-state index contributed by atoms with van der Waals surface area (Å²) in [6.45, 7) is 2.40. The minimum absolute atomic E-state index is 0.00679. The molecule has 2 N–H and O–H groups in total. The molecule has 1 saturated heterocycles. The number of hydrogen-bond acceptors (Lipinski definition) is 3. The second kappa shape index (κ2) is 8.17. The van der Waals surface area contributed by atoms with Crippen LogP contribution in [0, 0.1) is 0 Å². The zero-order valence-electron chi connectivity index (χ0n) is 15.5. The number of carbonyl (C=O) groups excluding carboxylic acids is 1. The van der Waals surface area contributed by atoms with Gasteiger partial charge in [-0.25, -0.2) is 0 Å². The number of aromatic nitrogens is 1. The Morgan fingerprint density at radius 2 is 1.82 bits per heavy atom. The van der Waals surface area contributed by atoms with E-state index in [0.717, 1.165) is 36.9 Å². The van der Waals surface area contributed by atoms with Crippen molar-refractivity contribution in [3.8, 4) is 0 Å². The molecule has 0 spiro atoms. The van der Waals surface area contributed by atoms with Gasteiger partial charge in [0.05, 0.1) is 6.04 Å². The van der Waals surface area contributed by atoms with Gasteiger partial charge >= 0.3 is 0 Å². The number of amides is 1. The molecule has 4 rings (SSSR count). The highest BCUT2D eigenvalue weighted by molar-refractivity contribution is 6.31. The van der Waals surface area contributed by atoms with Crippen molar-refractivity contribution >= 4 is 28.3 Å². The van der Waals surface area contributed by atoms with Crippen LogP contribution in [0.15, 0.2) is 59.4 Å². The predicted molar refractivity (Wildman–Crippen MR) is 112 cm³/mol. The Balaban J connectivity index is 1.56. The lowest BCUT2D eigenvalue weighted by Gasteiger charge is -2.29. The molecule has 0 unspecified atom stereocenters. The van der Waals surface area contributed by atoms with Crippen LogP contribution < -0.4 is 10.9 Å². The van der Waals surface area contributed by atoms with Gasteiger partial charge in [-0.15, -0.1) is 0 Å². The smallest absolute Gasteiger partial charge is 0.267 e. The molecule has 1 aliphatic heterocycles. The lowest BCUT2D eigenvalue weighted by molar-refractivity contribution is 0.0933. The molecule has 2 aromatic carbocycles. The van der Waals surface area contributed by atoms with Gasteiger partial charge in [0.1, 0.15) is 5.69 Å². The molecule has 5 nitrogen and oxygen atoms in total. The van der Waals surface area contributed by atoms with Crippen LogP contribution in [0.25, 0.3) is 10.8 Å². The van der Waals surface area contributed by atoms with E-state index in [9.17, 15) is 9.59 Å². The second-order valence-electron chi connectivity index (χ2n) is 7.09. The Bertz CT molecular complexity index is 1060. The number of H-pyrrole nitrogens is 1. The van der Waals surface area contributed by atoms with E-state index in [1.807, 2.05) is 42.5 Å². The lowest BCUT2D eigenvalue weighted by atomic mass is 10.1. The standard InChI is InChI=1S/C22H22ClN3O2/c23-18-10-4-3-9-17(18)20(26-11-5-6-12-26)14-24-22(28)19-13-15-7-1-2-8-16(15)21(27)25-19/h1-4,7-10,13,20H,5-6,11-12,14H2,(H,24,28)(H,25,27)/t20-/m0/s1. The molecule has 28 heavy (non-hydrogen) atoms. The lowest BCUT2D eigenvalue weighted by Crippen LogP contribution is -2.37. The normalized spacial score (nSPS) is 15.6. The van der Waals surface area contributed by atoms with E-state index in [-0.39, 0.29) is 23.2 Å². The summed E-state index contributed by atoms with van der Waals surface area (Å²) in [7, 11) is 0. The Morgan fingerprint density at radius 1 is 1.11 bits per heavy atom. The Hall–Kier alpha value is -2.63. The summed E-state index contributed by atoms with van der Waals surface area (Å²) in [5, 5.41) is 5.01. The first-order valence-electron chi connectivity index (χ1n) is 9.52. The molecule has 0 bridgehead atoms. The monoisotopic (exact) mass is 395 g/mol. The zero-order chi connectivity index (χ0) is 19.5. The van der Waals surface area contributed by atoms with Crippen molar-refractivity contribution in [3.05, 3.63) is 81.2 Å². The Kier molecular flexibility index (Phi) is 5.46. The predicted octanol–water partition coefficient (Wildman–Crippen LogP) is 3.75. The molecule has 1 amide bonds. The van der Waals surface area contributed by atoms with E-state index in [1.54, 1.807) is 12.1 Å². The molecule has 1 aliphatic rings. The minimum atomic E-state index is -0.292. The third kappa shape index (κ3) is 3.81. The summed E-state index contributed by atoms with van der Waals surface area (Å²) in [5.74, 6) is -0.292. The summed E-state index contributed by atoms with van der Waals surface area (Å²) in [6.07, 6.45) is 2.29. The van der Waals surface area contributed by atoms with Crippen LogP contribution >= 0.6 is 11.6 Å². The summed E-state index contributed by atoms with van der Waals surface area (Å²) in [6, 6.07) is 16.7. The summed E-state index contributed by atoms with van der Waals surface area (Å²) in [5.41, 5.74) is 1.02. The first-order valence-corrected chi connectivity index (χ1v) is 9.90. The van der Waals surface area contributed by atoms with E-state index in [1.165, 1.54) is 0 Å². The number of halogens is 1. The fourth-order valence-corrected chi connectivity index (χ4v) is 4.11. The van der Waals surface area contributed by atoms with Crippen LogP contribution in [0.1, 0.15) is 34.9 Å². The molecule has 0 radical (unpaired) electrons. The van der Waals surface area contributed by atoms with E-state index >= 15 is 0 Å². The average molecular weight is 396 g/mol. The number of rotatable bonds is 5. The first-order chi connectivity index (χ1) is 13.6. The molecule has 6 heteroatoms. The first kappa shape index (κ1) is 18.7. The molecule has 3 aromatic rings. The van der Waals surface area contributed by atoms with Gasteiger partial charge in [0, 0.05) is 17.0 Å². The van der Waals surface area contributed by atoms with Crippen LogP contribution in [0.5, 0.6) is 0 Å².